The quantitative estimate of drug-likeness (QED) is 0.461. The standard InChI is InChI=1S/C28H32N4O/c1-3-20-32(25-18-19-29-27(31-25)23-16-14-21(2)15-17-23)26(22-10-6-4-7-11-22)28(33)30-24-12-8-5-9-13-24/h3-4,6-7,10-11,14-19,24,26H,1,5,8-9,12-13,20H2,2H3,(H,30,33). The Hall–Kier alpha value is -3.47. The molecule has 1 saturated carbocycles. The van der Waals surface area contributed by atoms with Crippen molar-refractivity contribution in [2.45, 2.75) is 51.1 Å². The summed E-state index contributed by atoms with van der Waals surface area (Å²) in [5.74, 6) is 1.35. The van der Waals surface area contributed by atoms with Crippen molar-refractivity contribution >= 4 is 11.7 Å². The SMILES string of the molecule is C=CCN(c1ccnc(-c2ccc(C)cc2)n1)C(C(=O)NC1CCCCC1)c1ccccc1. The smallest absolute Gasteiger partial charge is 0.247 e. The van der Waals surface area contributed by atoms with Crippen molar-refractivity contribution in [3.8, 4) is 11.4 Å². The predicted molar refractivity (Wildman–Crippen MR) is 134 cm³/mol. The number of nitrogens with zero attached hydrogens (tertiary/aromatic N) is 3. The molecule has 3 aromatic rings. The molecule has 1 unspecified atom stereocenters. The van der Waals surface area contributed by atoms with Crippen LogP contribution in [0.5, 0.6) is 0 Å². The van der Waals surface area contributed by atoms with E-state index in [0.717, 1.165) is 24.0 Å². The Morgan fingerprint density at radius 3 is 2.52 bits per heavy atom. The van der Waals surface area contributed by atoms with Gasteiger partial charge in [0.25, 0.3) is 0 Å². The Kier molecular flexibility index (Phi) is 7.51. The average Bonchev–Trinajstić information content (AvgIpc) is 2.85. The van der Waals surface area contributed by atoms with Crippen LogP contribution in [0.3, 0.4) is 0 Å². The second-order valence-electron chi connectivity index (χ2n) is 8.70. The van der Waals surface area contributed by atoms with Crippen LogP contribution in [0.4, 0.5) is 5.82 Å². The van der Waals surface area contributed by atoms with Crippen LogP contribution in [0.2, 0.25) is 0 Å². The third-order valence-corrected chi connectivity index (χ3v) is 6.20. The van der Waals surface area contributed by atoms with Crippen molar-refractivity contribution in [2.75, 3.05) is 11.4 Å². The van der Waals surface area contributed by atoms with Crippen LogP contribution in [0, 0.1) is 6.92 Å². The third kappa shape index (κ3) is 5.67. The molecule has 0 radical (unpaired) electrons. The highest BCUT2D eigenvalue weighted by Crippen LogP contribution is 2.29. The lowest BCUT2D eigenvalue weighted by molar-refractivity contribution is -0.123. The van der Waals surface area contributed by atoms with Crippen LogP contribution in [0.25, 0.3) is 11.4 Å². The van der Waals surface area contributed by atoms with E-state index in [-0.39, 0.29) is 11.9 Å². The van der Waals surface area contributed by atoms with Gasteiger partial charge in [0, 0.05) is 24.3 Å². The Morgan fingerprint density at radius 2 is 1.82 bits per heavy atom. The number of nitrogens with one attached hydrogen (secondary N) is 1. The summed E-state index contributed by atoms with van der Waals surface area (Å²) >= 11 is 0. The molecule has 170 valence electrons. The van der Waals surface area contributed by atoms with E-state index in [0.29, 0.717) is 18.2 Å². The molecule has 5 nitrogen and oxygen atoms in total. The van der Waals surface area contributed by atoms with Crippen molar-refractivity contribution in [3.63, 3.8) is 0 Å². The molecule has 1 aliphatic carbocycles. The number of carbonyl (C=O) groups excluding carboxylic acids is 1. The van der Waals surface area contributed by atoms with Gasteiger partial charge in [0.2, 0.25) is 5.91 Å². The molecule has 1 fully saturated rings. The van der Waals surface area contributed by atoms with Gasteiger partial charge in [-0.1, -0.05) is 85.5 Å². The van der Waals surface area contributed by atoms with Gasteiger partial charge in [0.15, 0.2) is 5.82 Å². The molecule has 5 heteroatoms. The molecule has 0 saturated heterocycles. The molecule has 1 heterocycles. The Morgan fingerprint density at radius 1 is 1.09 bits per heavy atom. The van der Waals surface area contributed by atoms with Crippen LogP contribution in [-0.4, -0.2) is 28.5 Å². The monoisotopic (exact) mass is 440 g/mol. The van der Waals surface area contributed by atoms with Gasteiger partial charge in [0.1, 0.15) is 11.9 Å². The third-order valence-electron chi connectivity index (χ3n) is 6.20. The molecule has 1 N–H and O–H groups in total. The zero-order valence-electron chi connectivity index (χ0n) is 19.3. The van der Waals surface area contributed by atoms with E-state index in [1.807, 2.05) is 59.5 Å². The van der Waals surface area contributed by atoms with Gasteiger partial charge >= 0.3 is 0 Å². The molecule has 33 heavy (non-hydrogen) atoms. The minimum absolute atomic E-state index is 0.00504. The van der Waals surface area contributed by atoms with Gasteiger partial charge < -0.3 is 10.2 Å². The highest BCUT2D eigenvalue weighted by Gasteiger charge is 2.30. The fraction of sp³-hybridized carbons (Fsp3) is 0.321. The lowest BCUT2D eigenvalue weighted by Gasteiger charge is -2.33. The molecule has 1 atom stereocenters. The maximum absolute atomic E-state index is 13.7. The van der Waals surface area contributed by atoms with E-state index in [9.17, 15) is 4.79 Å². The van der Waals surface area contributed by atoms with Gasteiger partial charge in [-0.15, -0.1) is 6.58 Å². The van der Waals surface area contributed by atoms with Gasteiger partial charge in [-0.2, -0.15) is 0 Å². The number of benzene rings is 2. The molecule has 4 rings (SSSR count). The molecule has 0 bridgehead atoms. The van der Waals surface area contributed by atoms with Crippen LogP contribution in [0.1, 0.15) is 49.3 Å². The molecule has 0 aliphatic heterocycles. The second kappa shape index (κ2) is 10.9. The first-order valence-electron chi connectivity index (χ1n) is 11.8. The van der Waals surface area contributed by atoms with Crippen LogP contribution < -0.4 is 10.2 Å². The summed E-state index contributed by atoms with van der Waals surface area (Å²) in [6.45, 7) is 6.50. The van der Waals surface area contributed by atoms with Gasteiger partial charge in [-0.3, -0.25) is 4.79 Å². The summed E-state index contributed by atoms with van der Waals surface area (Å²) in [6, 6.07) is 19.7. The lowest BCUT2D eigenvalue weighted by Crippen LogP contribution is -2.45. The van der Waals surface area contributed by atoms with Gasteiger partial charge in [-0.05, 0) is 31.4 Å². The van der Waals surface area contributed by atoms with Crippen molar-refractivity contribution in [1.29, 1.82) is 0 Å². The van der Waals surface area contributed by atoms with E-state index < -0.39 is 6.04 Å². The van der Waals surface area contributed by atoms with Crippen molar-refractivity contribution < 1.29 is 4.79 Å². The van der Waals surface area contributed by atoms with Gasteiger partial charge in [0.05, 0.1) is 0 Å². The zero-order chi connectivity index (χ0) is 23.0. The Balaban J connectivity index is 1.69. The maximum atomic E-state index is 13.7. The second-order valence-corrected chi connectivity index (χ2v) is 8.70. The molecular formula is C28H32N4O. The van der Waals surface area contributed by atoms with E-state index in [1.54, 1.807) is 6.20 Å². The number of aryl methyl sites for hydroxylation is 1. The van der Waals surface area contributed by atoms with Crippen LogP contribution in [-0.2, 0) is 4.79 Å². The fourth-order valence-electron chi connectivity index (χ4n) is 4.46. The van der Waals surface area contributed by atoms with E-state index >= 15 is 0 Å². The topological polar surface area (TPSA) is 58.1 Å². The van der Waals surface area contributed by atoms with Gasteiger partial charge in [-0.25, -0.2) is 9.97 Å². The number of hydrogen-bond donors (Lipinski definition) is 1. The van der Waals surface area contributed by atoms with Crippen LogP contribution in [0.15, 0.2) is 79.5 Å². The Labute approximate surface area is 196 Å². The van der Waals surface area contributed by atoms with Crippen LogP contribution >= 0.6 is 0 Å². The normalized spacial score (nSPS) is 14.9. The van der Waals surface area contributed by atoms with E-state index in [4.69, 9.17) is 4.98 Å². The van der Waals surface area contributed by atoms with Crippen molar-refractivity contribution in [2.24, 2.45) is 0 Å². The summed E-state index contributed by atoms with van der Waals surface area (Å²) < 4.78 is 0. The fourth-order valence-corrected chi connectivity index (χ4v) is 4.46. The summed E-state index contributed by atoms with van der Waals surface area (Å²) in [7, 11) is 0. The minimum atomic E-state index is -0.508. The average molecular weight is 441 g/mol. The molecule has 1 aliphatic rings. The maximum Gasteiger partial charge on any atom is 0.247 e. The zero-order valence-corrected chi connectivity index (χ0v) is 19.3. The predicted octanol–water partition coefficient (Wildman–Crippen LogP) is 5.63. The minimum Gasteiger partial charge on any atom is -0.351 e. The first kappa shape index (κ1) is 22.7. The summed E-state index contributed by atoms with van der Waals surface area (Å²) in [4.78, 5) is 25.0. The number of anilines is 1. The van der Waals surface area contributed by atoms with Crippen molar-refractivity contribution in [1.82, 2.24) is 15.3 Å². The largest absolute Gasteiger partial charge is 0.351 e. The highest BCUT2D eigenvalue weighted by atomic mass is 16.2. The summed E-state index contributed by atoms with van der Waals surface area (Å²) in [5, 5.41) is 3.32. The number of amides is 1. The molecular weight excluding hydrogens is 408 g/mol. The highest BCUT2D eigenvalue weighted by molar-refractivity contribution is 5.87. The number of aromatic nitrogens is 2. The van der Waals surface area contributed by atoms with Crippen molar-refractivity contribution in [3.05, 3.63) is 90.6 Å². The first-order valence-corrected chi connectivity index (χ1v) is 11.8. The van der Waals surface area contributed by atoms with E-state index in [2.05, 4.69) is 35.9 Å². The van der Waals surface area contributed by atoms with E-state index in [1.165, 1.54) is 24.8 Å². The lowest BCUT2D eigenvalue weighted by atomic mass is 9.94. The molecule has 2 aromatic carbocycles. The molecule has 1 amide bonds. The number of carbonyl (C=O) groups is 1. The summed E-state index contributed by atoms with van der Waals surface area (Å²) in [6.07, 6.45) is 9.25. The summed E-state index contributed by atoms with van der Waals surface area (Å²) in [5.41, 5.74) is 3.07. The number of hydrogen-bond acceptors (Lipinski definition) is 4. The first-order chi connectivity index (χ1) is 16.2. The molecule has 1 aromatic heterocycles. The molecule has 0 spiro atoms. The Bertz CT molecular complexity index is 1060. The number of rotatable bonds is 8.